The van der Waals surface area contributed by atoms with E-state index in [1.807, 2.05) is 24.3 Å². The number of nitrogens with zero attached hydrogens (tertiary/aromatic N) is 2. The first-order chi connectivity index (χ1) is 15.6. The van der Waals surface area contributed by atoms with Gasteiger partial charge in [0.1, 0.15) is 6.61 Å². The van der Waals surface area contributed by atoms with E-state index >= 15 is 0 Å². The minimum atomic E-state index is 0.194. The highest BCUT2D eigenvalue weighted by atomic mass is 16.5. The molecule has 2 aliphatic heterocycles. The van der Waals surface area contributed by atoms with E-state index < -0.39 is 0 Å². The number of benzene rings is 2. The lowest BCUT2D eigenvalue weighted by Crippen LogP contribution is -2.45. The minimum Gasteiger partial charge on any atom is -0.493 e. The summed E-state index contributed by atoms with van der Waals surface area (Å²) in [6.45, 7) is 7.47. The van der Waals surface area contributed by atoms with Crippen molar-refractivity contribution in [2.75, 3.05) is 33.3 Å². The molecular formula is C27H36N2O3. The monoisotopic (exact) mass is 436 g/mol. The molecule has 172 valence electrons. The number of rotatable bonds is 7. The molecule has 2 heterocycles. The highest BCUT2D eigenvalue weighted by Gasteiger charge is 2.30. The Hall–Kier alpha value is -2.53. The Balaban J connectivity index is 1.28. The standard InChI is InChI=1S/C27H36N2O3/c1-21-7-6-14-29(18-21)27(30)24-12-15-28(16-13-24)19-23-10-11-25(26(17-23)31-2)32-20-22-8-4-3-5-9-22/h3-5,8-11,17,21,24H,6-7,12-16,18-20H2,1-2H3/t21-/m0/s1. The molecular weight excluding hydrogens is 400 g/mol. The summed E-state index contributed by atoms with van der Waals surface area (Å²) in [5.74, 6) is 2.75. The van der Waals surface area contributed by atoms with E-state index in [1.54, 1.807) is 7.11 Å². The zero-order valence-corrected chi connectivity index (χ0v) is 19.5. The van der Waals surface area contributed by atoms with Gasteiger partial charge in [-0.25, -0.2) is 0 Å². The van der Waals surface area contributed by atoms with Crippen molar-refractivity contribution >= 4 is 5.91 Å². The predicted molar refractivity (Wildman–Crippen MR) is 127 cm³/mol. The fourth-order valence-corrected chi connectivity index (χ4v) is 4.91. The third-order valence-electron chi connectivity index (χ3n) is 6.78. The molecule has 32 heavy (non-hydrogen) atoms. The molecule has 0 saturated carbocycles. The molecule has 1 amide bonds. The molecule has 2 aromatic rings. The van der Waals surface area contributed by atoms with Crippen molar-refractivity contribution in [1.82, 2.24) is 9.80 Å². The van der Waals surface area contributed by atoms with E-state index in [0.717, 1.165) is 69.0 Å². The maximum absolute atomic E-state index is 12.9. The van der Waals surface area contributed by atoms with Crippen LogP contribution < -0.4 is 9.47 Å². The molecule has 2 fully saturated rings. The van der Waals surface area contributed by atoms with Gasteiger partial charge in [-0.05, 0) is 68.0 Å². The van der Waals surface area contributed by atoms with Crippen LogP contribution in [-0.2, 0) is 17.9 Å². The van der Waals surface area contributed by atoms with Gasteiger partial charge in [0.2, 0.25) is 5.91 Å². The average Bonchev–Trinajstić information content (AvgIpc) is 2.84. The number of carbonyl (C=O) groups excluding carboxylic acids is 1. The van der Waals surface area contributed by atoms with E-state index in [2.05, 4.69) is 41.0 Å². The highest BCUT2D eigenvalue weighted by Crippen LogP contribution is 2.30. The Morgan fingerprint density at radius 2 is 1.75 bits per heavy atom. The first-order valence-corrected chi connectivity index (χ1v) is 12.0. The fraction of sp³-hybridized carbons (Fsp3) is 0.519. The molecule has 4 rings (SSSR count). The molecule has 0 N–H and O–H groups in total. The van der Waals surface area contributed by atoms with Gasteiger partial charge in [-0.3, -0.25) is 9.69 Å². The zero-order chi connectivity index (χ0) is 22.3. The summed E-state index contributed by atoms with van der Waals surface area (Å²) in [4.78, 5) is 17.5. The van der Waals surface area contributed by atoms with Crippen LogP contribution in [0.3, 0.4) is 0 Å². The van der Waals surface area contributed by atoms with Gasteiger partial charge in [0, 0.05) is 25.6 Å². The molecule has 2 aromatic carbocycles. The Morgan fingerprint density at radius 3 is 2.47 bits per heavy atom. The maximum Gasteiger partial charge on any atom is 0.225 e. The summed E-state index contributed by atoms with van der Waals surface area (Å²) in [6, 6.07) is 16.4. The smallest absolute Gasteiger partial charge is 0.225 e. The summed E-state index contributed by atoms with van der Waals surface area (Å²) in [5.41, 5.74) is 2.35. The molecule has 2 saturated heterocycles. The van der Waals surface area contributed by atoms with E-state index in [4.69, 9.17) is 9.47 Å². The Labute approximate surface area is 192 Å². The summed E-state index contributed by atoms with van der Waals surface area (Å²) >= 11 is 0. The molecule has 2 aliphatic rings. The van der Waals surface area contributed by atoms with Crippen LogP contribution in [0.2, 0.25) is 0 Å². The molecule has 1 atom stereocenters. The maximum atomic E-state index is 12.9. The summed E-state index contributed by atoms with van der Waals surface area (Å²) in [7, 11) is 1.69. The van der Waals surface area contributed by atoms with Crippen molar-refractivity contribution in [3.05, 3.63) is 59.7 Å². The Bertz CT molecular complexity index is 878. The van der Waals surface area contributed by atoms with Crippen LogP contribution in [0.15, 0.2) is 48.5 Å². The van der Waals surface area contributed by atoms with Crippen LogP contribution in [0.4, 0.5) is 0 Å². The second-order valence-electron chi connectivity index (χ2n) is 9.34. The van der Waals surface area contributed by atoms with Crippen LogP contribution in [0.1, 0.15) is 43.7 Å². The molecule has 0 aliphatic carbocycles. The molecule has 5 heteroatoms. The van der Waals surface area contributed by atoms with Crippen molar-refractivity contribution in [3.8, 4) is 11.5 Å². The minimum absolute atomic E-state index is 0.194. The molecule has 0 bridgehead atoms. The van der Waals surface area contributed by atoms with Crippen LogP contribution in [-0.4, -0.2) is 49.0 Å². The third kappa shape index (κ3) is 5.83. The zero-order valence-electron chi connectivity index (χ0n) is 19.5. The number of amides is 1. The highest BCUT2D eigenvalue weighted by molar-refractivity contribution is 5.79. The fourth-order valence-electron chi connectivity index (χ4n) is 4.91. The molecule has 0 unspecified atom stereocenters. The van der Waals surface area contributed by atoms with Crippen molar-refractivity contribution in [2.24, 2.45) is 11.8 Å². The van der Waals surface area contributed by atoms with Crippen molar-refractivity contribution in [1.29, 1.82) is 0 Å². The number of methoxy groups -OCH3 is 1. The predicted octanol–water partition coefficient (Wildman–Crippen LogP) is 4.74. The van der Waals surface area contributed by atoms with Crippen LogP contribution in [0.5, 0.6) is 11.5 Å². The summed E-state index contributed by atoms with van der Waals surface area (Å²) in [5, 5.41) is 0. The van der Waals surface area contributed by atoms with Crippen molar-refractivity contribution in [3.63, 3.8) is 0 Å². The van der Waals surface area contributed by atoms with Gasteiger partial charge in [-0.2, -0.15) is 0 Å². The summed E-state index contributed by atoms with van der Waals surface area (Å²) < 4.78 is 11.6. The number of likely N-dealkylation sites (tertiary alicyclic amines) is 2. The second kappa shape index (κ2) is 10.9. The van der Waals surface area contributed by atoms with Crippen molar-refractivity contribution in [2.45, 2.75) is 45.8 Å². The van der Waals surface area contributed by atoms with Crippen molar-refractivity contribution < 1.29 is 14.3 Å². The number of hydrogen-bond donors (Lipinski definition) is 0. The Morgan fingerprint density at radius 1 is 0.969 bits per heavy atom. The van der Waals surface area contributed by atoms with E-state index in [1.165, 1.54) is 12.0 Å². The van der Waals surface area contributed by atoms with Gasteiger partial charge in [-0.15, -0.1) is 0 Å². The average molecular weight is 437 g/mol. The number of ether oxygens (including phenoxy) is 2. The topological polar surface area (TPSA) is 42.0 Å². The van der Waals surface area contributed by atoms with E-state index in [9.17, 15) is 4.79 Å². The lowest BCUT2D eigenvalue weighted by atomic mass is 9.92. The van der Waals surface area contributed by atoms with Gasteiger partial charge in [-0.1, -0.05) is 43.3 Å². The SMILES string of the molecule is COc1cc(CN2CCC(C(=O)N3CCC[C@H](C)C3)CC2)ccc1OCc1ccccc1. The molecule has 5 nitrogen and oxygen atoms in total. The quantitative estimate of drug-likeness (QED) is 0.628. The van der Waals surface area contributed by atoms with Gasteiger partial charge < -0.3 is 14.4 Å². The molecule has 0 radical (unpaired) electrons. The molecule has 0 aromatic heterocycles. The Kier molecular flexibility index (Phi) is 7.69. The third-order valence-corrected chi connectivity index (χ3v) is 6.78. The number of hydrogen-bond acceptors (Lipinski definition) is 4. The second-order valence-corrected chi connectivity index (χ2v) is 9.34. The van der Waals surface area contributed by atoms with Crippen LogP contribution in [0, 0.1) is 11.8 Å². The van der Waals surface area contributed by atoms with Crippen LogP contribution >= 0.6 is 0 Å². The van der Waals surface area contributed by atoms with Gasteiger partial charge in [0.25, 0.3) is 0 Å². The lowest BCUT2D eigenvalue weighted by Gasteiger charge is -2.37. The largest absolute Gasteiger partial charge is 0.493 e. The first-order valence-electron chi connectivity index (χ1n) is 12.0. The van der Waals surface area contributed by atoms with Gasteiger partial charge >= 0.3 is 0 Å². The van der Waals surface area contributed by atoms with E-state index in [-0.39, 0.29) is 5.92 Å². The first kappa shape index (κ1) is 22.7. The summed E-state index contributed by atoms with van der Waals surface area (Å²) in [6.07, 6.45) is 4.32. The molecule has 0 spiro atoms. The normalized spacial score (nSPS) is 20.2. The van der Waals surface area contributed by atoms with Gasteiger partial charge in [0.15, 0.2) is 11.5 Å². The number of carbonyl (C=O) groups is 1. The van der Waals surface area contributed by atoms with E-state index in [0.29, 0.717) is 18.4 Å². The van der Waals surface area contributed by atoms with Crippen LogP contribution in [0.25, 0.3) is 0 Å². The van der Waals surface area contributed by atoms with Gasteiger partial charge in [0.05, 0.1) is 7.11 Å². The lowest BCUT2D eigenvalue weighted by molar-refractivity contribution is -0.138. The number of piperidine rings is 2.